The Morgan fingerprint density at radius 3 is 2.37 bits per heavy atom. The molecule has 8 heteroatoms. The van der Waals surface area contributed by atoms with E-state index in [1.807, 2.05) is 40.9 Å². The quantitative estimate of drug-likeness (QED) is 0.597. The second kappa shape index (κ2) is 9.45. The summed E-state index contributed by atoms with van der Waals surface area (Å²) in [6.45, 7) is 8.57. The van der Waals surface area contributed by atoms with Crippen molar-refractivity contribution < 1.29 is 18.0 Å². The fourth-order valence-corrected chi connectivity index (χ4v) is 5.45. The smallest absolute Gasteiger partial charge is 0.345 e. The Hall–Kier alpha value is -2.61. The van der Waals surface area contributed by atoms with Gasteiger partial charge in [0.2, 0.25) is 5.91 Å². The number of amides is 1. The third-order valence-electron chi connectivity index (χ3n) is 7.48. The molecule has 2 fully saturated rings. The molecule has 1 N–H and O–H groups in total. The van der Waals surface area contributed by atoms with Crippen molar-refractivity contribution in [1.82, 2.24) is 15.1 Å². The Morgan fingerprint density at radius 1 is 1.14 bits per heavy atom. The minimum atomic E-state index is -4.36. The van der Waals surface area contributed by atoms with Crippen LogP contribution in [-0.2, 0) is 11.0 Å². The molecule has 2 atom stereocenters. The molecule has 2 unspecified atom stereocenters. The van der Waals surface area contributed by atoms with Crippen molar-refractivity contribution in [1.29, 1.82) is 0 Å². The zero-order valence-corrected chi connectivity index (χ0v) is 21.1. The molecule has 0 spiro atoms. The van der Waals surface area contributed by atoms with E-state index in [1.165, 1.54) is 25.0 Å². The first-order chi connectivity index (χ1) is 16.4. The van der Waals surface area contributed by atoms with Crippen molar-refractivity contribution >= 4 is 11.7 Å². The van der Waals surface area contributed by atoms with Crippen molar-refractivity contribution in [3.8, 4) is 0 Å². The molecule has 0 radical (unpaired) electrons. The second-order valence-electron chi connectivity index (χ2n) is 10.6. The van der Waals surface area contributed by atoms with Gasteiger partial charge in [-0.15, -0.1) is 0 Å². The number of alkyl halides is 3. The Kier molecular flexibility index (Phi) is 6.88. The van der Waals surface area contributed by atoms with E-state index in [2.05, 4.69) is 16.3 Å². The van der Waals surface area contributed by atoms with Gasteiger partial charge in [0.15, 0.2) is 0 Å². The van der Waals surface area contributed by atoms with Crippen molar-refractivity contribution in [2.24, 2.45) is 10.4 Å². The lowest BCUT2D eigenvalue weighted by atomic mass is 9.90. The molecule has 1 saturated carbocycles. The van der Waals surface area contributed by atoms with Gasteiger partial charge in [-0.3, -0.25) is 14.7 Å². The highest BCUT2D eigenvalue weighted by molar-refractivity contribution is 5.99. The lowest BCUT2D eigenvalue weighted by molar-refractivity contribution is -0.138. The molecule has 35 heavy (non-hydrogen) atoms. The number of carbonyl (C=O) groups excluding carboxylic acids is 1. The SMILES string of the molecule is CC1=CC2C(=CNC1=NC(C)c1ccc(C(F)(F)F)cc1)N(C)C(=O)C(C)(C)CN2C1CCCC1. The molecule has 2 aliphatic heterocycles. The maximum Gasteiger partial charge on any atom is 0.416 e. The molecule has 1 aliphatic carbocycles. The minimum Gasteiger partial charge on any atom is -0.345 e. The van der Waals surface area contributed by atoms with Crippen LogP contribution in [0.25, 0.3) is 0 Å². The van der Waals surface area contributed by atoms with Gasteiger partial charge in [0.1, 0.15) is 5.84 Å². The van der Waals surface area contributed by atoms with E-state index in [9.17, 15) is 18.0 Å². The molecular weight excluding hydrogens is 453 g/mol. The first kappa shape index (κ1) is 25.5. The third kappa shape index (κ3) is 5.17. The predicted octanol–water partition coefficient (Wildman–Crippen LogP) is 5.67. The van der Waals surface area contributed by atoms with Gasteiger partial charge in [-0.05, 0) is 63.8 Å². The standard InChI is InChI=1S/C27H35F3N4O/c1-17-14-22-23(33(5)25(35)26(3,4)16-34(22)21-8-6-7-9-21)15-31-24(17)32-18(2)19-10-12-20(13-11-19)27(28,29)30/h10-15,18,21-22H,6-9,16H2,1-5H3,(H,31,32). The fraction of sp³-hybridized carbons (Fsp3) is 0.556. The Morgan fingerprint density at radius 2 is 1.77 bits per heavy atom. The first-order valence-corrected chi connectivity index (χ1v) is 12.3. The van der Waals surface area contributed by atoms with Crippen LogP contribution in [0.5, 0.6) is 0 Å². The summed E-state index contributed by atoms with van der Waals surface area (Å²) in [5, 5.41) is 3.30. The van der Waals surface area contributed by atoms with E-state index < -0.39 is 17.2 Å². The Bertz CT molecular complexity index is 1050. The summed E-state index contributed by atoms with van der Waals surface area (Å²) in [5.74, 6) is 0.741. The molecule has 1 saturated heterocycles. The first-order valence-electron chi connectivity index (χ1n) is 12.3. The van der Waals surface area contributed by atoms with E-state index >= 15 is 0 Å². The van der Waals surface area contributed by atoms with Crippen molar-refractivity contribution in [3.63, 3.8) is 0 Å². The minimum absolute atomic E-state index is 0.0598. The lowest BCUT2D eigenvalue weighted by Crippen LogP contribution is -2.46. The van der Waals surface area contributed by atoms with Crippen LogP contribution >= 0.6 is 0 Å². The number of carbonyl (C=O) groups is 1. The van der Waals surface area contributed by atoms with Gasteiger partial charge < -0.3 is 10.2 Å². The molecule has 5 nitrogen and oxygen atoms in total. The summed E-state index contributed by atoms with van der Waals surface area (Å²) in [7, 11) is 1.83. The highest BCUT2D eigenvalue weighted by Crippen LogP contribution is 2.37. The van der Waals surface area contributed by atoms with Crippen molar-refractivity contribution in [2.75, 3.05) is 13.6 Å². The number of nitrogens with zero attached hydrogens (tertiary/aromatic N) is 3. The third-order valence-corrected chi connectivity index (χ3v) is 7.48. The number of likely N-dealkylation sites (N-methyl/N-ethyl adjacent to an activating group) is 1. The van der Waals surface area contributed by atoms with Crippen LogP contribution in [0.15, 0.2) is 52.8 Å². The number of benzene rings is 1. The van der Waals surface area contributed by atoms with E-state index in [4.69, 9.17) is 4.99 Å². The van der Waals surface area contributed by atoms with Crippen LogP contribution in [0.1, 0.15) is 70.5 Å². The molecular formula is C27H35F3N4O. The summed E-state index contributed by atoms with van der Waals surface area (Å²) < 4.78 is 38.8. The van der Waals surface area contributed by atoms with E-state index in [0.29, 0.717) is 24.0 Å². The Balaban J connectivity index is 1.67. The molecule has 1 aromatic rings. The summed E-state index contributed by atoms with van der Waals surface area (Å²) in [5.41, 5.74) is 1.37. The van der Waals surface area contributed by atoms with Crippen molar-refractivity contribution in [2.45, 2.75) is 77.7 Å². The number of nitrogens with one attached hydrogen (secondary N) is 1. The van der Waals surface area contributed by atoms with Crippen LogP contribution in [0.4, 0.5) is 13.2 Å². The van der Waals surface area contributed by atoms with Crippen LogP contribution in [0.2, 0.25) is 0 Å². The summed E-state index contributed by atoms with van der Waals surface area (Å²) in [4.78, 5) is 22.4. The predicted molar refractivity (Wildman–Crippen MR) is 132 cm³/mol. The average molecular weight is 489 g/mol. The largest absolute Gasteiger partial charge is 0.416 e. The molecule has 2 heterocycles. The number of amidine groups is 1. The summed E-state index contributed by atoms with van der Waals surface area (Å²) in [6.07, 6.45) is 4.35. The van der Waals surface area contributed by atoms with Gasteiger partial charge in [-0.1, -0.05) is 31.1 Å². The highest BCUT2D eigenvalue weighted by Gasteiger charge is 2.44. The van der Waals surface area contributed by atoms with Gasteiger partial charge in [0, 0.05) is 25.8 Å². The zero-order chi connectivity index (χ0) is 25.5. The fourth-order valence-electron chi connectivity index (χ4n) is 5.45. The van der Waals surface area contributed by atoms with Gasteiger partial charge in [-0.25, -0.2) is 0 Å². The average Bonchev–Trinajstić information content (AvgIpc) is 3.27. The molecule has 4 rings (SSSR count). The van der Waals surface area contributed by atoms with Gasteiger partial charge in [-0.2, -0.15) is 13.2 Å². The number of aliphatic imine (C=N–C) groups is 1. The van der Waals surface area contributed by atoms with Gasteiger partial charge >= 0.3 is 6.18 Å². The van der Waals surface area contributed by atoms with E-state index in [-0.39, 0.29) is 18.0 Å². The molecule has 3 aliphatic rings. The number of halogens is 3. The molecule has 1 aromatic carbocycles. The van der Waals surface area contributed by atoms with E-state index in [1.54, 1.807) is 4.90 Å². The topological polar surface area (TPSA) is 47.9 Å². The molecule has 0 aromatic heterocycles. The number of fused-ring (bicyclic) bond motifs is 1. The molecule has 190 valence electrons. The lowest BCUT2D eigenvalue weighted by Gasteiger charge is -2.36. The van der Waals surface area contributed by atoms with Gasteiger partial charge in [0.05, 0.1) is 28.8 Å². The normalized spacial score (nSPS) is 25.9. The van der Waals surface area contributed by atoms with Crippen LogP contribution in [0, 0.1) is 5.41 Å². The summed E-state index contributed by atoms with van der Waals surface area (Å²) in [6, 6.07) is 5.17. The maximum atomic E-state index is 13.3. The summed E-state index contributed by atoms with van der Waals surface area (Å²) >= 11 is 0. The van der Waals surface area contributed by atoms with Crippen LogP contribution < -0.4 is 5.32 Å². The zero-order valence-electron chi connectivity index (χ0n) is 21.1. The molecule has 1 amide bonds. The Labute approximate surface area is 205 Å². The van der Waals surface area contributed by atoms with Crippen molar-refractivity contribution in [3.05, 3.63) is 58.9 Å². The molecule has 0 bridgehead atoms. The van der Waals surface area contributed by atoms with Gasteiger partial charge in [0.25, 0.3) is 0 Å². The number of hydrogen-bond donors (Lipinski definition) is 1. The van der Waals surface area contributed by atoms with E-state index in [0.717, 1.165) is 36.2 Å². The maximum absolute atomic E-state index is 13.3. The van der Waals surface area contributed by atoms with Crippen LogP contribution in [0.3, 0.4) is 0 Å². The van der Waals surface area contributed by atoms with Crippen LogP contribution in [-0.4, -0.2) is 47.2 Å². The highest BCUT2D eigenvalue weighted by atomic mass is 19.4. The number of rotatable bonds is 3. The number of hydrogen-bond acceptors (Lipinski definition) is 3. The monoisotopic (exact) mass is 488 g/mol. The second-order valence-corrected chi connectivity index (χ2v) is 10.6.